The number of nitrogens with zero attached hydrogens (tertiary/aromatic N) is 2. The third kappa shape index (κ3) is 6.01. The van der Waals surface area contributed by atoms with Crippen molar-refractivity contribution in [1.29, 1.82) is 0 Å². The predicted octanol–water partition coefficient (Wildman–Crippen LogP) is 2.86. The molecule has 1 saturated carbocycles. The van der Waals surface area contributed by atoms with Crippen LogP contribution < -0.4 is 10.5 Å². The molecule has 13 heteroatoms. The zero-order valence-corrected chi connectivity index (χ0v) is 21.9. The van der Waals surface area contributed by atoms with Crippen LogP contribution in [-0.2, 0) is 25.6 Å². The predicted molar refractivity (Wildman–Crippen MR) is 138 cm³/mol. The van der Waals surface area contributed by atoms with Gasteiger partial charge in [-0.25, -0.2) is 15.1 Å². The minimum Gasteiger partial charge on any atom is -0.393 e. The van der Waals surface area contributed by atoms with Gasteiger partial charge in [0.25, 0.3) is 0 Å². The molecule has 2 aliphatic rings. The van der Waals surface area contributed by atoms with Gasteiger partial charge in [0.05, 0.1) is 29.8 Å². The lowest BCUT2D eigenvalue weighted by Gasteiger charge is -2.25. The van der Waals surface area contributed by atoms with Crippen LogP contribution in [0, 0.1) is 5.92 Å². The van der Waals surface area contributed by atoms with Gasteiger partial charge in [-0.3, -0.25) is 8.98 Å². The SMILES string of the molecule is NS(=O)(=O)OC[C@H]1C[C@@H](Nc2ncncc2C(=O)c2cc(C3OCCc4cc(Cl)ccc43)cs2)C[C@@H]1O. The Hall–Kier alpha value is -2.45. The number of hydrogen-bond acceptors (Lipinski definition) is 10. The Morgan fingerprint density at radius 1 is 1.32 bits per heavy atom. The number of anilines is 1. The van der Waals surface area contributed by atoms with E-state index in [9.17, 15) is 18.3 Å². The fraction of sp³-hybridized carbons (Fsp3) is 0.375. The lowest BCUT2D eigenvalue weighted by Crippen LogP contribution is -2.24. The molecule has 1 unspecified atom stereocenters. The Labute approximate surface area is 223 Å². The molecule has 2 aromatic heterocycles. The monoisotopic (exact) mass is 564 g/mol. The van der Waals surface area contributed by atoms with E-state index in [1.54, 1.807) is 0 Å². The molecule has 5 rings (SSSR count). The van der Waals surface area contributed by atoms with Gasteiger partial charge in [0, 0.05) is 23.2 Å². The number of nitrogens with two attached hydrogens (primary N) is 1. The molecule has 1 aliphatic heterocycles. The van der Waals surface area contributed by atoms with Crippen molar-refractivity contribution in [2.45, 2.75) is 37.5 Å². The van der Waals surface area contributed by atoms with Crippen LogP contribution in [0.2, 0.25) is 5.02 Å². The molecule has 4 N–H and O–H groups in total. The summed E-state index contributed by atoms with van der Waals surface area (Å²) in [5.74, 6) is -0.321. The van der Waals surface area contributed by atoms with Gasteiger partial charge in [-0.2, -0.15) is 8.42 Å². The highest BCUT2D eigenvalue weighted by Gasteiger charge is 2.35. The fourth-order valence-electron chi connectivity index (χ4n) is 4.83. The molecule has 196 valence electrons. The number of hydrogen-bond donors (Lipinski definition) is 3. The number of thiophene rings is 1. The highest BCUT2D eigenvalue weighted by atomic mass is 35.5. The van der Waals surface area contributed by atoms with Crippen LogP contribution in [0.3, 0.4) is 0 Å². The third-order valence-corrected chi connectivity index (χ3v) is 8.24. The van der Waals surface area contributed by atoms with Crippen molar-refractivity contribution in [3.8, 4) is 0 Å². The van der Waals surface area contributed by atoms with E-state index in [1.165, 1.54) is 23.9 Å². The van der Waals surface area contributed by atoms with Crippen molar-refractivity contribution >= 4 is 44.8 Å². The van der Waals surface area contributed by atoms with Crippen LogP contribution in [0.4, 0.5) is 5.82 Å². The number of halogens is 1. The first kappa shape index (κ1) is 26.2. The first-order chi connectivity index (χ1) is 17.7. The molecule has 0 spiro atoms. The number of benzene rings is 1. The number of nitrogens with one attached hydrogen (secondary N) is 1. The number of aromatic nitrogens is 2. The number of rotatable bonds is 8. The number of aliphatic hydroxyl groups is 1. The summed E-state index contributed by atoms with van der Waals surface area (Å²) in [6.07, 6.45) is 3.27. The second-order valence-electron chi connectivity index (χ2n) is 9.12. The highest BCUT2D eigenvalue weighted by Crippen LogP contribution is 2.37. The van der Waals surface area contributed by atoms with Gasteiger partial charge in [-0.1, -0.05) is 17.7 Å². The van der Waals surface area contributed by atoms with Crippen LogP contribution in [0.25, 0.3) is 0 Å². The molecule has 0 amide bonds. The van der Waals surface area contributed by atoms with Gasteiger partial charge in [-0.05, 0) is 59.5 Å². The summed E-state index contributed by atoms with van der Waals surface area (Å²) in [7, 11) is -4.10. The van der Waals surface area contributed by atoms with E-state index in [4.69, 9.17) is 21.5 Å². The van der Waals surface area contributed by atoms with Crippen molar-refractivity contribution < 1.29 is 27.2 Å². The summed E-state index contributed by atoms with van der Waals surface area (Å²) in [5, 5.41) is 21.0. The van der Waals surface area contributed by atoms with Gasteiger partial charge in [0.1, 0.15) is 18.2 Å². The van der Waals surface area contributed by atoms with Crippen molar-refractivity contribution in [2.75, 3.05) is 18.5 Å². The average Bonchev–Trinajstić information content (AvgIpc) is 3.48. The van der Waals surface area contributed by atoms with Crippen molar-refractivity contribution in [3.05, 3.63) is 74.3 Å². The molecule has 3 aromatic rings. The van der Waals surface area contributed by atoms with Crippen molar-refractivity contribution in [1.82, 2.24) is 9.97 Å². The summed E-state index contributed by atoms with van der Waals surface area (Å²) in [6, 6.07) is 7.34. The molecule has 1 fully saturated rings. The topological polar surface area (TPSA) is 154 Å². The maximum Gasteiger partial charge on any atom is 0.333 e. The van der Waals surface area contributed by atoms with E-state index >= 15 is 0 Å². The summed E-state index contributed by atoms with van der Waals surface area (Å²) >= 11 is 7.48. The molecule has 3 heterocycles. The Bertz CT molecular complexity index is 1420. The van der Waals surface area contributed by atoms with Crippen molar-refractivity contribution in [3.63, 3.8) is 0 Å². The second-order valence-corrected chi connectivity index (χ2v) is 11.7. The number of aliphatic hydroxyl groups excluding tert-OH is 1. The molecule has 4 atom stereocenters. The summed E-state index contributed by atoms with van der Waals surface area (Å²) in [6.45, 7) is 0.346. The lowest BCUT2D eigenvalue weighted by molar-refractivity contribution is 0.0701. The molecule has 0 bridgehead atoms. The minimum atomic E-state index is -4.10. The second kappa shape index (κ2) is 10.7. The number of carbonyl (C=O) groups is 1. The summed E-state index contributed by atoms with van der Waals surface area (Å²) in [4.78, 5) is 22.3. The summed E-state index contributed by atoms with van der Waals surface area (Å²) < 4.78 is 32.9. The van der Waals surface area contributed by atoms with Crippen LogP contribution in [0.15, 0.2) is 42.2 Å². The van der Waals surface area contributed by atoms with Gasteiger partial charge >= 0.3 is 10.3 Å². The summed E-state index contributed by atoms with van der Waals surface area (Å²) in [5.41, 5.74) is 3.36. The molecule has 0 saturated heterocycles. The maximum atomic E-state index is 13.5. The number of fused-ring (bicyclic) bond motifs is 1. The number of carbonyl (C=O) groups excluding carboxylic acids is 1. The van der Waals surface area contributed by atoms with Gasteiger partial charge in [0.2, 0.25) is 5.78 Å². The Balaban J connectivity index is 1.31. The number of ketones is 1. The van der Waals surface area contributed by atoms with E-state index in [0.29, 0.717) is 40.7 Å². The maximum absolute atomic E-state index is 13.5. The normalized spacial score (nSPS) is 23.5. The first-order valence-electron chi connectivity index (χ1n) is 11.6. The molecule has 0 radical (unpaired) electrons. The molecular formula is C24H25ClN4O6S2. The first-order valence-corrected chi connectivity index (χ1v) is 14.4. The van der Waals surface area contributed by atoms with E-state index in [1.807, 2.05) is 29.6 Å². The van der Waals surface area contributed by atoms with Gasteiger partial charge in [-0.15, -0.1) is 11.3 Å². The minimum absolute atomic E-state index is 0.218. The molecule has 37 heavy (non-hydrogen) atoms. The zero-order valence-electron chi connectivity index (χ0n) is 19.5. The Kier molecular flexibility index (Phi) is 7.59. The van der Waals surface area contributed by atoms with Gasteiger partial charge in [0.15, 0.2) is 0 Å². The van der Waals surface area contributed by atoms with E-state index in [0.717, 1.165) is 23.1 Å². The van der Waals surface area contributed by atoms with Crippen LogP contribution >= 0.6 is 22.9 Å². The lowest BCUT2D eigenvalue weighted by atomic mass is 9.94. The third-order valence-electron chi connectivity index (χ3n) is 6.59. The van der Waals surface area contributed by atoms with E-state index in [-0.39, 0.29) is 24.5 Å². The Morgan fingerprint density at radius 2 is 2.16 bits per heavy atom. The molecule has 1 aromatic carbocycles. The van der Waals surface area contributed by atoms with E-state index < -0.39 is 22.3 Å². The highest BCUT2D eigenvalue weighted by molar-refractivity contribution is 7.84. The van der Waals surface area contributed by atoms with Crippen LogP contribution in [0.1, 0.15) is 50.9 Å². The largest absolute Gasteiger partial charge is 0.393 e. The number of ether oxygens (including phenoxy) is 1. The average molecular weight is 565 g/mol. The van der Waals surface area contributed by atoms with E-state index in [2.05, 4.69) is 19.5 Å². The molecular weight excluding hydrogens is 540 g/mol. The Morgan fingerprint density at radius 3 is 2.97 bits per heavy atom. The smallest absolute Gasteiger partial charge is 0.333 e. The fourth-order valence-corrected chi connectivity index (χ4v) is 6.26. The standard InChI is InChI=1S/C24H25ClN4O6S2/c25-16-1-2-18-13(5-16)3-4-34-23(18)15-7-21(36-11-15)22(31)19-9-27-12-28-24(19)29-17-6-14(20(30)8-17)10-35-37(26,32)33/h1-2,5,7,9,11-12,14,17,20,23,30H,3-4,6,8,10H2,(H2,26,32,33)(H,27,28,29)/t14-,17-,20+,23?/m1/s1. The van der Waals surface area contributed by atoms with Gasteiger partial charge < -0.3 is 15.2 Å². The van der Waals surface area contributed by atoms with Crippen molar-refractivity contribution in [2.24, 2.45) is 11.1 Å². The molecule has 1 aliphatic carbocycles. The quantitative estimate of drug-likeness (QED) is 0.350. The van der Waals surface area contributed by atoms with Crippen LogP contribution in [0.5, 0.6) is 0 Å². The zero-order chi connectivity index (χ0) is 26.2. The van der Waals surface area contributed by atoms with Crippen LogP contribution in [-0.4, -0.2) is 54.6 Å². The molecule has 10 nitrogen and oxygen atoms in total.